The van der Waals surface area contributed by atoms with Gasteiger partial charge in [0.2, 0.25) is 10.0 Å². The van der Waals surface area contributed by atoms with Crippen LogP contribution >= 0.6 is 0 Å². The lowest BCUT2D eigenvalue weighted by Crippen LogP contribution is -2.28. The summed E-state index contributed by atoms with van der Waals surface area (Å²) >= 11 is 0. The van der Waals surface area contributed by atoms with Gasteiger partial charge in [-0.25, -0.2) is 13.1 Å². The van der Waals surface area contributed by atoms with Gasteiger partial charge in [-0.15, -0.1) is 0 Å². The van der Waals surface area contributed by atoms with Gasteiger partial charge in [-0.2, -0.15) is 0 Å². The Morgan fingerprint density at radius 1 is 1.24 bits per heavy atom. The van der Waals surface area contributed by atoms with Crippen LogP contribution in [0.3, 0.4) is 0 Å². The summed E-state index contributed by atoms with van der Waals surface area (Å²) in [5.41, 5.74) is 0.437. The molecule has 0 atom stereocenters. The Morgan fingerprint density at radius 2 is 1.86 bits per heavy atom. The maximum Gasteiger partial charge on any atom is 0.251 e. The maximum absolute atomic E-state index is 11.9. The van der Waals surface area contributed by atoms with E-state index in [0.29, 0.717) is 24.6 Å². The minimum absolute atomic E-state index is 0.124. The number of carbonyl (C=O) groups excluding carboxylic acids is 1. The summed E-state index contributed by atoms with van der Waals surface area (Å²) in [6.07, 6.45) is 0. The van der Waals surface area contributed by atoms with Crippen molar-refractivity contribution in [2.75, 3.05) is 26.8 Å². The van der Waals surface area contributed by atoms with Crippen LogP contribution in [0.1, 0.15) is 24.2 Å². The van der Waals surface area contributed by atoms with Gasteiger partial charge in [-0.05, 0) is 30.2 Å². The fourth-order valence-corrected chi connectivity index (χ4v) is 2.56. The molecule has 0 aliphatic rings. The molecule has 2 N–H and O–H groups in total. The van der Waals surface area contributed by atoms with Crippen LogP contribution in [0.4, 0.5) is 0 Å². The van der Waals surface area contributed by atoms with Crippen molar-refractivity contribution < 1.29 is 17.9 Å². The highest BCUT2D eigenvalue weighted by atomic mass is 32.2. The number of amides is 1. The molecule has 0 bridgehead atoms. The van der Waals surface area contributed by atoms with Crippen LogP contribution in [0.5, 0.6) is 0 Å². The van der Waals surface area contributed by atoms with E-state index >= 15 is 0 Å². The average molecular weight is 314 g/mol. The summed E-state index contributed by atoms with van der Waals surface area (Å²) in [6, 6.07) is 5.83. The molecule has 21 heavy (non-hydrogen) atoms. The van der Waals surface area contributed by atoms with Gasteiger partial charge in [-0.1, -0.05) is 13.8 Å². The molecule has 0 saturated heterocycles. The Hall–Kier alpha value is -1.44. The Balaban J connectivity index is 2.71. The van der Waals surface area contributed by atoms with E-state index in [1.54, 1.807) is 0 Å². The molecule has 6 nitrogen and oxygen atoms in total. The highest BCUT2D eigenvalue weighted by Gasteiger charge is 2.14. The van der Waals surface area contributed by atoms with Crippen molar-refractivity contribution in [1.29, 1.82) is 0 Å². The topological polar surface area (TPSA) is 84.5 Å². The van der Waals surface area contributed by atoms with E-state index in [4.69, 9.17) is 4.74 Å². The number of carbonyl (C=O) groups is 1. The third-order valence-corrected chi connectivity index (χ3v) is 4.17. The first kappa shape index (κ1) is 17.6. The first-order valence-electron chi connectivity index (χ1n) is 6.73. The summed E-state index contributed by atoms with van der Waals surface area (Å²) in [7, 11) is -2.06. The standard InChI is InChI=1S/C14H22N2O4S/c1-11(2)10-15-14(17)12-4-6-13(7-5-12)21(18,19)16-8-9-20-3/h4-7,11,16H,8-10H2,1-3H3,(H,15,17). The molecule has 0 radical (unpaired) electrons. The zero-order chi connectivity index (χ0) is 15.9. The molecule has 1 aromatic carbocycles. The largest absolute Gasteiger partial charge is 0.383 e. The van der Waals surface area contributed by atoms with E-state index in [-0.39, 0.29) is 17.3 Å². The minimum Gasteiger partial charge on any atom is -0.383 e. The molecule has 0 aliphatic carbocycles. The first-order chi connectivity index (χ1) is 9.86. The summed E-state index contributed by atoms with van der Waals surface area (Å²) in [4.78, 5) is 12.0. The van der Waals surface area contributed by atoms with Crippen LogP contribution < -0.4 is 10.0 Å². The van der Waals surface area contributed by atoms with E-state index in [0.717, 1.165) is 0 Å². The molecule has 0 aliphatic heterocycles. The monoisotopic (exact) mass is 314 g/mol. The minimum atomic E-state index is -3.56. The molecule has 1 rings (SSSR count). The van der Waals surface area contributed by atoms with Crippen molar-refractivity contribution in [2.45, 2.75) is 18.7 Å². The van der Waals surface area contributed by atoms with Crippen LogP contribution in [0.2, 0.25) is 0 Å². The van der Waals surface area contributed by atoms with Gasteiger partial charge in [0.05, 0.1) is 11.5 Å². The average Bonchev–Trinajstić information content (AvgIpc) is 2.45. The van der Waals surface area contributed by atoms with Gasteiger partial charge in [-0.3, -0.25) is 4.79 Å². The Kier molecular flexibility index (Phi) is 6.80. The molecule has 0 fully saturated rings. The lowest BCUT2D eigenvalue weighted by Gasteiger charge is -2.09. The summed E-state index contributed by atoms with van der Waals surface area (Å²) in [6.45, 7) is 5.09. The van der Waals surface area contributed by atoms with Crippen LogP contribution in [-0.2, 0) is 14.8 Å². The van der Waals surface area contributed by atoms with E-state index in [1.807, 2.05) is 13.8 Å². The number of benzene rings is 1. The normalized spacial score (nSPS) is 11.6. The Bertz CT molecular complexity index is 553. The SMILES string of the molecule is COCCNS(=O)(=O)c1ccc(C(=O)NCC(C)C)cc1. The molecule has 0 saturated carbocycles. The molecule has 0 aromatic heterocycles. The molecule has 0 spiro atoms. The maximum atomic E-state index is 11.9. The van der Waals surface area contributed by atoms with Gasteiger partial charge in [0.25, 0.3) is 5.91 Å². The molecule has 1 amide bonds. The molecule has 0 unspecified atom stereocenters. The third-order valence-electron chi connectivity index (χ3n) is 2.70. The number of rotatable bonds is 8. The predicted octanol–water partition coefficient (Wildman–Crippen LogP) is 0.997. The fraction of sp³-hybridized carbons (Fsp3) is 0.500. The van der Waals surface area contributed by atoms with Gasteiger partial charge < -0.3 is 10.1 Å². The number of sulfonamides is 1. The molecule has 7 heteroatoms. The van der Waals surface area contributed by atoms with Crippen LogP contribution in [0.15, 0.2) is 29.2 Å². The highest BCUT2D eigenvalue weighted by molar-refractivity contribution is 7.89. The molecular formula is C14H22N2O4S. The third kappa shape index (κ3) is 5.82. The zero-order valence-electron chi connectivity index (χ0n) is 12.5. The van der Waals surface area contributed by atoms with Gasteiger partial charge >= 0.3 is 0 Å². The van der Waals surface area contributed by atoms with Crippen LogP contribution in [0, 0.1) is 5.92 Å². The Labute approximate surface area is 125 Å². The highest BCUT2D eigenvalue weighted by Crippen LogP contribution is 2.10. The van der Waals surface area contributed by atoms with E-state index in [9.17, 15) is 13.2 Å². The van der Waals surface area contributed by atoms with E-state index in [2.05, 4.69) is 10.0 Å². The zero-order valence-corrected chi connectivity index (χ0v) is 13.4. The van der Waals surface area contributed by atoms with Crippen LogP contribution in [-0.4, -0.2) is 41.1 Å². The quantitative estimate of drug-likeness (QED) is 0.701. The fourth-order valence-electron chi connectivity index (χ4n) is 1.55. The Morgan fingerprint density at radius 3 is 2.38 bits per heavy atom. The van der Waals surface area contributed by atoms with Crippen molar-refractivity contribution in [1.82, 2.24) is 10.0 Å². The number of nitrogens with one attached hydrogen (secondary N) is 2. The molecule has 0 heterocycles. The van der Waals surface area contributed by atoms with E-state index < -0.39 is 10.0 Å². The molecule has 1 aromatic rings. The van der Waals surface area contributed by atoms with Crippen molar-refractivity contribution >= 4 is 15.9 Å². The second-order valence-electron chi connectivity index (χ2n) is 5.02. The molecule has 118 valence electrons. The van der Waals surface area contributed by atoms with Crippen molar-refractivity contribution in [3.8, 4) is 0 Å². The first-order valence-corrected chi connectivity index (χ1v) is 8.22. The smallest absolute Gasteiger partial charge is 0.251 e. The van der Waals surface area contributed by atoms with Crippen molar-refractivity contribution in [3.05, 3.63) is 29.8 Å². The van der Waals surface area contributed by atoms with Crippen molar-refractivity contribution in [3.63, 3.8) is 0 Å². The number of hydrogen-bond donors (Lipinski definition) is 2. The van der Waals surface area contributed by atoms with Crippen molar-refractivity contribution in [2.24, 2.45) is 5.92 Å². The summed E-state index contributed by atoms with van der Waals surface area (Å²) in [5.74, 6) is 0.151. The van der Waals surface area contributed by atoms with Gasteiger partial charge in [0.15, 0.2) is 0 Å². The lowest BCUT2D eigenvalue weighted by atomic mass is 10.2. The molecular weight excluding hydrogens is 292 g/mol. The predicted molar refractivity (Wildman–Crippen MR) is 80.7 cm³/mol. The second kappa shape index (κ2) is 8.11. The van der Waals surface area contributed by atoms with Gasteiger partial charge in [0, 0.05) is 25.8 Å². The summed E-state index contributed by atoms with van der Waals surface area (Å²) in [5, 5.41) is 2.78. The number of hydrogen-bond acceptors (Lipinski definition) is 4. The summed E-state index contributed by atoms with van der Waals surface area (Å²) < 4.78 is 31.1. The second-order valence-corrected chi connectivity index (χ2v) is 6.79. The number of ether oxygens (including phenoxy) is 1. The number of methoxy groups -OCH3 is 1. The lowest BCUT2D eigenvalue weighted by molar-refractivity contribution is 0.0949. The van der Waals surface area contributed by atoms with E-state index in [1.165, 1.54) is 31.4 Å². The van der Waals surface area contributed by atoms with Crippen LogP contribution in [0.25, 0.3) is 0 Å². The van der Waals surface area contributed by atoms with Gasteiger partial charge in [0.1, 0.15) is 0 Å².